The van der Waals surface area contributed by atoms with E-state index in [1.54, 1.807) is 10.8 Å². The third kappa shape index (κ3) is 5.18. The number of rotatable bonds is 3. The van der Waals surface area contributed by atoms with Gasteiger partial charge in [0, 0.05) is 29.3 Å². The molecule has 8 heteroatoms. The first-order valence-electron chi connectivity index (χ1n) is 14.0. The fraction of sp³-hybridized carbons (Fsp3) is 0.171. The molecule has 0 amide bonds. The van der Waals surface area contributed by atoms with E-state index in [0.29, 0.717) is 5.71 Å². The Balaban J connectivity index is 0.000000199. The number of furan rings is 1. The van der Waals surface area contributed by atoms with Crippen molar-refractivity contribution in [2.75, 3.05) is 0 Å². The van der Waals surface area contributed by atoms with Crippen LogP contribution in [-0.4, -0.2) is 19.5 Å². The predicted octanol–water partition coefficient (Wildman–Crippen LogP) is 8.79. The molecule has 0 saturated heterocycles. The summed E-state index contributed by atoms with van der Waals surface area (Å²) in [5.41, 5.74) is 9.75. The minimum Gasteiger partial charge on any atom is -0.683 e. The standard InChI is InChI=1S/C23H17N4O2.C12H11N.Ir/c1-4-20-13(3)22-26-18-11-24-17(10-19(18)27(22)29-20)16-7-5-6-14-15-9-8-12(2)25-23(15)28-21(14)16;1-10-7-8-12(13-9-10)11-5-3-2-4-6-11;/h5-6,8-11H,4H2,1-3H3;2-5,7-9,12H,1H3;/q-1;-2;+3. The van der Waals surface area contributed by atoms with Gasteiger partial charge in [-0.15, -0.1) is 18.2 Å². The number of aromatic nitrogens is 4. The van der Waals surface area contributed by atoms with Gasteiger partial charge in [-0.3, -0.25) is 0 Å². The Morgan fingerprint density at radius 2 is 1.88 bits per heavy atom. The van der Waals surface area contributed by atoms with Crippen molar-refractivity contribution in [3.05, 3.63) is 125 Å². The molecule has 1 atom stereocenters. The molecule has 6 heterocycles. The van der Waals surface area contributed by atoms with Crippen molar-refractivity contribution in [2.24, 2.45) is 0 Å². The molecule has 0 bridgehead atoms. The molecule has 1 aliphatic rings. The van der Waals surface area contributed by atoms with E-state index in [4.69, 9.17) is 8.94 Å². The van der Waals surface area contributed by atoms with Gasteiger partial charge < -0.3 is 19.2 Å². The van der Waals surface area contributed by atoms with Crippen LogP contribution in [0.15, 0.2) is 93.7 Å². The van der Waals surface area contributed by atoms with Gasteiger partial charge in [-0.2, -0.15) is 46.7 Å². The molecule has 7 nitrogen and oxygen atoms in total. The molecule has 1 aliphatic heterocycles. The second-order valence-corrected chi connectivity index (χ2v) is 10.4. The number of nitrogens with zero attached hydrogens (tertiary/aromatic N) is 5. The Morgan fingerprint density at radius 1 is 1.00 bits per heavy atom. The molecular formula is C35H28IrN5O2. The molecule has 2 aromatic carbocycles. The van der Waals surface area contributed by atoms with Crippen molar-refractivity contribution in [2.45, 2.75) is 40.2 Å². The number of allylic oxidation sites excluding steroid dienone is 2. The maximum absolute atomic E-state index is 6.11. The number of fused-ring (bicyclic) bond motifs is 6. The van der Waals surface area contributed by atoms with Gasteiger partial charge in [0.1, 0.15) is 16.8 Å². The third-order valence-electron chi connectivity index (χ3n) is 7.50. The van der Waals surface area contributed by atoms with Crippen molar-refractivity contribution in [1.82, 2.24) is 19.5 Å². The Kier molecular flexibility index (Phi) is 7.73. The first-order chi connectivity index (χ1) is 20.5. The molecule has 7 aromatic rings. The Hall–Kier alpha value is -4.52. The molecule has 0 aliphatic carbocycles. The summed E-state index contributed by atoms with van der Waals surface area (Å²) in [6, 6.07) is 24.5. The van der Waals surface area contributed by atoms with E-state index in [1.807, 2.05) is 81.6 Å². The summed E-state index contributed by atoms with van der Waals surface area (Å²) in [6.45, 7) is 8.12. The Labute approximate surface area is 262 Å². The fourth-order valence-corrected chi connectivity index (χ4v) is 5.27. The van der Waals surface area contributed by atoms with Gasteiger partial charge in [-0.05, 0) is 44.7 Å². The molecule has 5 aromatic heterocycles. The topological polar surface area (TPSA) is 83.5 Å². The number of hydrogen-bond acceptors (Lipinski definition) is 5. The normalized spacial score (nSPS) is 14.4. The van der Waals surface area contributed by atoms with Crippen LogP contribution in [0.1, 0.15) is 42.5 Å². The second kappa shape index (κ2) is 11.6. The van der Waals surface area contributed by atoms with E-state index in [2.05, 4.69) is 51.5 Å². The number of pyridine rings is 2. The second-order valence-electron chi connectivity index (χ2n) is 10.4. The molecule has 0 fully saturated rings. The van der Waals surface area contributed by atoms with Gasteiger partial charge in [-0.1, -0.05) is 41.6 Å². The van der Waals surface area contributed by atoms with Crippen LogP contribution < -0.4 is 0 Å². The van der Waals surface area contributed by atoms with Crippen LogP contribution in [0.25, 0.3) is 55.3 Å². The number of benzene rings is 2. The average molecular weight is 743 g/mol. The molecule has 0 spiro atoms. The summed E-state index contributed by atoms with van der Waals surface area (Å²) in [7, 11) is 0. The first-order valence-corrected chi connectivity index (χ1v) is 14.0. The van der Waals surface area contributed by atoms with E-state index >= 15 is 0 Å². The Bertz CT molecular complexity index is 2150. The van der Waals surface area contributed by atoms with Crippen molar-refractivity contribution in [1.29, 1.82) is 0 Å². The van der Waals surface area contributed by atoms with Crippen molar-refractivity contribution in [3.8, 4) is 11.3 Å². The van der Waals surface area contributed by atoms with Gasteiger partial charge in [0.05, 0.1) is 5.58 Å². The van der Waals surface area contributed by atoms with Crippen LogP contribution in [0.3, 0.4) is 0 Å². The molecule has 43 heavy (non-hydrogen) atoms. The quantitative estimate of drug-likeness (QED) is 0.169. The van der Waals surface area contributed by atoms with Crippen molar-refractivity contribution >= 4 is 38.7 Å². The maximum Gasteiger partial charge on any atom is 3.00 e. The van der Waals surface area contributed by atoms with E-state index in [1.165, 1.54) is 5.57 Å². The van der Waals surface area contributed by atoms with Crippen LogP contribution in [-0.2, 0) is 26.5 Å². The summed E-state index contributed by atoms with van der Waals surface area (Å²) < 4.78 is 13.9. The van der Waals surface area contributed by atoms with Crippen molar-refractivity contribution in [3.63, 3.8) is 0 Å². The van der Waals surface area contributed by atoms with Crippen LogP contribution in [0, 0.1) is 26.0 Å². The third-order valence-corrected chi connectivity index (χ3v) is 7.50. The van der Waals surface area contributed by atoms with Crippen LogP contribution in [0.5, 0.6) is 0 Å². The largest absolute Gasteiger partial charge is 3.00 e. The van der Waals surface area contributed by atoms with E-state index < -0.39 is 0 Å². The Morgan fingerprint density at radius 3 is 2.65 bits per heavy atom. The van der Waals surface area contributed by atoms with Gasteiger partial charge in [0.15, 0.2) is 5.65 Å². The zero-order chi connectivity index (χ0) is 28.8. The SMILES string of the molecule is CC1=C[N-]C(c2[c-]cccc2)C=C1.CCc1on2c(nc3cnc(-c4[c-]ccc5c4oc4nc(C)ccc45)cc32)c1C.[Ir+3]. The number of aryl methyl sites for hydroxylation is 3. The number of hydrogen-bond donors (Lipinski definition) is 0. The molecule has 0 radical (unpaired) electrons. The number of imidazole rings is 1. The van der Waals surface area contributed by atoms with E-state index in [9.17, 15) is 0 Å². The first kappa shape index (κ1) is 28.6. The van der Waals surface area contributed by atoms with Gasteiger partial charge in [0.25, 0.3) is 0 Å². The summed E-state index contributed by atoms with van der Waals surface area (Å²) in [5.74, 6) is 0.945. The minimum atomic E-state index is 0. The van der Waals surface area contributed by atoms with Crippen LogP contribution >= 0.6 is 0 Å². The van der Waals surface area contributed by atoms with E-state index in [0.717, 1.165) is 73.3 Å². The zero-order valence-electron chi connectivity index (χ0n) is 24.2. The van der Waals surface area contributed by atoms with Gasteiger partial charge in [-0.25, -0.2) is 9.97 Å². The van der Waals surface area contributed by atoms with Crippen LogP contribution in [0.2, 0.25) is 0 Å². The van der Waals surface area contributed by atoms with Gasteiger partial charge >= 0.3 is 20.1 Å². The fourth-order valence-electron chi connectivity index (χ4n) is 5.27. The monoisotopic (exact) mass is 743 g/mol. The summed E-state index contributed by atoms with van der Waals surface area (Å²) in [5, 5.41) is 6.39. The molecule has 0 saturated carbocycles. The van der Waals surface area contributed by atoms with Crippen molar-refractivity contribution < 1.29 is 29.0 Å². The summed E-state index contributed by atoms with van der Waals surface area (Å²) in [4.78, 5) is 13.8. The minimum absolute atomic E-state index is 0. The molecule has 8 rings (SSSR count). The average Bonchev–Trinajstić information content (AvgIpc) is 3.67. The van der Waals surface area contributed by atoms with Gasteiger partial charge in [0.2, 0.25) is 5.71 Å². The maximum atomic E-state index is 6.11. The van der Waals surface area contributed by atoms with Crippen LogP contribution in [0.4, 0.5) is 0 Å². The molecular weight excluding hydrogens is 715 g/mol. The predicted molar refractivity (Wildman–Crippen MR) is 165 cm³/mol. The summed E-state index contributed by atoms with van der Waals surface area (Å²) in [6.07, 6.45) is 8.70. The molecule has 0 N–H and O–H groups in total. The molecule has 214 valence electrons. The summed E-state index contributed by atoms with van der Waals surface area (Å²) >= 11 is 0. The molecule has 1 unspecified atom stereocenters. The smallest absolute Gasteiger partial charge is 0.683 e. The zero-order valence-corrected chi connectivity index (χ0v) is 26.6. The van der Waals surface area contributed by atoms with E-state index in [-0.39, 0.29) is 26.1 Å².